The van der Waals surface area contributed by atoms with Gasteiger partial charge in [0, 0.05) is 13.1 Å². The average Bonchev–Trinajstić information content (AvgIpc) is 3.16. The van der Waals surface area contributed by atoms with Crippen LogP contribution in [0.1, 0.15) is 24.0 Å². The third kappa shape index (κ3) is 4.51. The number of rotatable bonds is 6. The summed E-state index contributed by atoms with van der Waals surface area (Å²) in [6.07, 6.45) is 2.27. The van der Waals surface area contributed by atoms with Gasteiger partial charge in [0.15, 0.2) is 0 Å². The molecule has 1 saturated heterocycles. The number of likely N-dealkylation sites (tertiary alicyclic amines) is 1. The van der Waals surface area contributed by atoms with Gasteiger partial charge in [0.1, 0.15) is 6.04 Å². The van der Waals surface area contributed by atoms with E-state index in [-0.39, 0.29) is 10.8 Å². The number of carbonyl (C=O) groups is 1. The minimum atomic E-state index is -3.77. The molecule has 26 heavy (non-hydrogen) atoms. The Morgan fingerprint density at radius 2 is 1.65 bits per heavy atom. The van der Waals surface area contributed by atoms with Crippen molar-refractivity contribution >= 4 is 15.9 Å². The van der Waals surface area contributed by atoms with Crippen molar-refractivity contribution in [3.05, 3.63) is 65.7 Å². The number of hydrogen-bond acceptors (Lipinski definition) is 3. The lowest BCUT2D eigenvalue weighted by Crippen LogP contribution is -2.48. The van der Waals surface area contributed by atoms with Gasteiger partial charge in [-0.1, -0.05) is 48.0 Å². The Kier molecular flexibility index (Phi) is 5.74. The van der Waals surface area contributed by atoms with Crippen LogP contribution in [-0.4, -0.2) is 38.4 Å². The number of nitrogens with zero attached hydrogens (tertiary/aromatic N) is 1. The van der Waals surface area contributed by atoms with Gasteiger partial charge in [-0.15, -0.1) is 0 Å². The fraction of sp³-hybridized carbons (Fsp3) is 0.350. The molecule has 1 atom stereocenters. The molecule has 0 aliphatic carbocycles. The molecular weight excluding hydrogens is 348 g/mol. The van der Waals surface area contributed by atoms with E-state index in [1.807, 2.05) is 37.3 Å². The van der Waals surface area contributed by atoms with Crippen molar-refractivity contribution in [3.63, 3.8) is 0 Å². The van der Waals surface area contributed by atoms with Crippen molar-refractivity contribution < 1.29 is 13.2 Å². The molecule has 1 heterocycles. The standard InChI is InChI=1S/C20H24N2O3S/c1-16-9-11-18(12-10-16)26(24,25)21-19(15-17-7-3-2-4-8-17)20(23)22-13-5-6-14-22/h2-4,7-12,19,21H,5-6,13-15H2,1H3/t19-/m1/s1. The first-order chi connectivity index (χ1) is 12.5. The van der Waals surface area contributed by atoms with Gasteiger partial charge in [0.05, 0.1) is 4.90 Å². The largest absolute Gasteiger partial charge is 0.341 e. The van der Waals surface area contributed by atoms with Crippen LogP contribution >= 0.6 is 0 Å². The zero-order chi connectivity index (χ0) is 18.6. The lowest BCUT2D eigenvalue weighted by atomic mass is 10.1. The molecule has 1 aliphatic rings. The van der Waals surface area contributed by atoms with Crippen LogP contribution < -0.4 is 4.72 Å². The van der Waals surface area contributed by atoms with E-state index in [9.17, 15) is 13.2 Å². The topological polar surface area (TPSA) is 66.5 Å². The summed E-state index contributed by atoms with van der Waals surface area (Å²) in [7, 11) is -3.77. The Morgan fingerprint density at radius 3 is 2.27 bits per heavy atom. The van der Waals surface area contributed by atoms with E-state index >= 15 is 0 Å². The lowest BCUT2D eigenvalue weighted by Gasteiger charge is -2.24. The van der Waals surface area contributed by atoms with Gasteiger partial charge in [-0.05, 0) is 43.9 Å². The van der Waals surface area contributed by atoms with E-state index in [0.717, 1.165) is 24.0 Å². The van der Waals surface area contributed by atoms with E-state index < -0.39 is 16.1 Å². The third-order valence-electron chi connectivity index (χ3n) is 4.63. The van der Waals surface area contributed by atoms with E-state index in [1.54, 1.807) is 29.2 Å². The maximum Gasteiger partial charge on any atom is 0.241 e. The summed E-state index contributed by atoms with van der Waals surface area (Å²) in [6.45, 7) is 3.28. The van der Waals surface area contributed by atoms with Crippen LogP contribution in [0.3, 0.4) is 0 Å². The fourth-order valence-electron chi connectivity index (χ4n) is 3.16. The predicted octanol–water partition coefficient (Wildman–Crippen LogP) is 2.51. The van der Waals surface area contributed by atoms with Gasteiger partial charge in [-0.3, -0.25) is 4.79 Å². The minimum Gasteiger partial charge on any atom is -0.341 e. The minimum absolute atomic E-state index is 0.151. The molecule has 0 radical (unpaired) electrons. The summed E-state index contributed by atoms with van der Waals surface area (Å²) >= 11 is 0. The van der Waals surface area contributed by atoms with Gasteiger partial charge >= 0.3 is 0 Å². The van der Waals surface area contributed by atoms with E-state index in [2.05, 4.69) is 4.72 Å². The van der Waals surface area contributed by atoms with E-state index in [0.29, 0.717) is 19.5 Å². The Labute approximate surface area is 155 Å². The molecule has 0 unspecified atom stereocenters. The monoisotopic (exact) mass is 372 g/mol. The molecule has 1 amide bonds. The van der Waals surface area contributed by atoms with Crippen molar-refractivity contribution in [2.75, 3.05) is 13.1 Å². The van der Waals surface area contributed by atoms with Crippen LogP contribution in [0.4, 0.5) is 0 Å². The lowest BCUT2D eigenvalue weighted by molar-refractivity contribution is -0.131. The van der Waals surface area contributed by atoms with Crippen LogP contribution in [-0.2, 0) is 21.2 Å². The average molecular weight is 372 g/mol. The van der Waals surface area contributed by atoms with Crippen molar-refractivity contribution in [1.29, 1.82) is 0 Å². The predicted molar refractivity (Wildman–Crippen MR) is 101 cm³/mol. The van der Waals surface area contributed by atoms with Gasteiger partial charge in [-0.2, -0.15) is 4.72 Å². The molecule has 1 fully saturated rings. The maximum atomic E-state index is 12.9. The van der Waals surface area contributed by atoms with Crippen molar-refractivity contribution in [2.24, 2.45) is 0 Å². The molecule has 3 rings (SSSR count). The van der Waals surface area contributed by atoms with Crippen LogP contribution in [0.15, 0.2) is 59.5 Å². The number of sulfonamides is 1. The number of hydrogen-bond donors (Lipinski definition) is 1. The highest BCUT2D eigenvalue weighted by Gasteiger charge is 2.30. The van der Waals surface area contributed by atoms with Crippen LogP contribution in [0.5, 0.6) is 0 Å². The van der Waals surface area contributed by atoms with Gasteiger partial charge < -0.3 is 4.90 Å². The van der Waals surface area contributed by atoms with Gasteiger partial charge in [-0.25, -0.2) is 8.42 Å². The molecule has 2 aromatic rings. The molecule has 0 bridgehead atoms. The summed E-state index contributed by atoms with van der Waals surface area (Å²) in [5.41, 5.74) is 1.91. The Balaban J connectivity index is 1.84. The molecule has 2 aromatic carbocycles. The number of aryl methyl sites for hydroxylation is 1. The number of carbonyl (C=O) groups excluding carboxylic acids is 1. The highest BCUT2D eigenvalue weighted by Crippen LogP contribution is 2.16. The van der Waals surface area contributed by atoms with Crippen LogP contribution in [0, 0.1) is 6.92 Å². The SMILES string of the molecule is Cc1ccc(S(=O)(=O)N[C@H](Cc2ccccc2)C(=O)N2CCCC2)cc1. The highest BCUT2D eigenvalue weighted by molar-refractivity contribution is 7.89. The number of benzene rings is 2. The molecule has 1 aliphatic heterocycles. The summed E-state index contributed by atoms with van der Waals surface area (Å²) in [5.74, 6) is -0.151. The van der Waals surface area contributed by atoms with E-state index in [1.165, 1.54) is 0 Å². The molecule has 5 nitrogen and oxygen atoms in total. The maximum absolute atomic E-state index is 12.9. The van der Waals surface area contributed by atoms with Gasteiger partial charge in [0.25, 0.3) is 0 Å². The zero-order valence-electron chi connectivity index (χ0n) is 14.9. The molecule has 6 heteroatoms. The first kappa shape index (κ1) is 18.6. The summed E-state index contributed by atoms with van der Waals surface area (Å²) in [6, 6.07) is 15.3. The van der Waals surface area contributed by atoms with Crippen LogP contribution in [0.2, 0.25) is 0 Å². The second-order valence-electron chi connectivity index (χ2n) is 6.71. The third-order valence-corrected chi connectivity index (χ3v) is 6.11. The molecule has 0 aromatic heterocycles. The zero-order valence-corrected chi connectivity index (χ0v) is 15.7. The Bertz CT molecular complexity index is 842. The van der Waals surface area contributed by atoms with Crippen molar-refractivity contribution in [3.8, 4) is 0 Å². The highest BCUT2D eigenvalue weighted by atomic mass is 32.2. The number of amides is 1. The summed E-state index contributed by atoms with van der Waals surface area (Å²) in [5, 5.41) is 0. The van der Waals surface area contributed by atoms with Crippen LogP contribution in [0.25, 0.3) is 0 Å². The Hall–Kier alpha value is -2.18. The summed E-state index contributed by atoms with van der Waals surface area (Å²) in [4.78, 5) is 14.8. The normalized spacial score (nSPS) is 15.8. The molecular formula is C20H24N2O3S. The van der Waals surface area contributed by atoms with Crippen molar-refractivity contribution in [1.82, 2.24) is 9.62 Å². The fourth-order valence-corrected chi connectivity index (χ4v) is 4.35. The second-order valence-corrected chi connectivity index (χ2v) is 8.42. The van der Waals surface area contributed by atoms with E-state index in [4.69, 9.17) is 0 Å². The first-order valence-corrected chi connectivity index (χ1v) is 10.4. The van der Waals surface area contributed by atoms with Crippen molar-refractivity contribution in [2.45, 2.75) is 37.1 Å². The van der Waals surface area contributed by atoms with Gasteiger partial charge in [0.2, 0.25) is 15.9 Å². The number of nitrogens with one attached hydrogen (secondary N) is 1. The molecule has 0 spiro atoms. The smallest absolute Gasteiger partial charge is 0.241 e. The molecule has 1 N–H and O–H groups in total. The molecule has 138 valence electrons. The quantitative estimate of drug-likeness (QED) is 0.847. The Morgan fingerprint density at radius 1 is 1.04 bits per heavy atom. The summed E-state index contributed by atoms with van der Waals surface area (Å²) < 4.78 is 28.2. The second kappa shape index (κ2) is 8.01. The first-order valence-electron chi connectivity index (χ1n) is 8.87. The molecule has 0 saturated carbocycles.